The molecule has 0 radical (unpaired) electrons. The topological polar surface area (TPSA) is 75.6 Å². The molecule has 0 aliphatic heterocycles. The summed E-state index contributed by atoms with van der Waals surface area (Å²) in [7, 11) is -2.19. The lowest BCUT2D eigenvalue weighted by Gasteiger charge is -2.35. The fourth-order valence-corrected chi connectivity index (χ4v) is 5.00. The van der Waals surface area contributed by atoms with Gasteiger partial charge in [-0.2, -0.15) is 0 Å². The average molecular weight is 396 g/mol. The standard InChI is InChI=1S/C19H22ClNO4S/c1-13-17(20)6-3-7-18(13)26(23,24)21-12-19(22)10-4-5-14-11-15(25-2)8-9-16(14)19/h3,6-9,11,21-22H,4-5,10,12H2,1-2H3/t19-/m1/s1. The SMILES string of the molecule is COc1ccc2c(c1)CCC[C@@]2(O)CNS(=O)(=O)c1cccc(Cl)c1C. The predicted molar refractivity (Wildman–Crippen MR) is 101 cm³/mol. The van der Waals surface area contributed by atoms with Crippen LogP contribution < -0.4 is 9.46 Å². The van der Waals surface area contributed by atoms with Crippen molar-refractivity contribution in [3.63, 3.8) is 0 Å². The number of rotatable bonds is 5. The van der Waals surface area contributed by atoms with Crippen LogP contribution in [0.1, 0.15) is 29.5 Å². The van der Waals surface area contributed by atoms with Crippen LogP contribution >= 0.6 is 11.6 Å². The number of aryl methyl sites for hydroxylation is 1. The maximum Gasteiger partial charge on any atom is 0.240 e. The van der Waals surface area contributed by atoms with Crippen LogP contribution in [-0.4, -0.2) is 27.2 Å². The van der Waals surface area contributed by atoms with Crippen molar-refractivity contribution in [3.8, 4) is 5.75 Å². The van der Waals surface area contributed by atoms with Crippen molar-refractivity contribution >= 4 is 21.6 Å². The first-order valence-electron chi connectivity index (χ1n) is 8.41. The van der Waals surface area contributed by atoms with Gasteiger partial charge in [0.1, 0.15) is 11.4 Å². The number of hydrogen-bond donors (Lipinski definition) is 2. The minimum atomic E-state index is -3.79. The molecule has 7 heteroatoms. The Bertz CT molecular complexity index is 929. The zero-order valence-corrected chi connectivity index (χ0v) is 16.3. The highest BCUT2D eigenvalue weighted by molar-refractivity contribution is 7.89. The molecule has 2 aromatic carbocycles. The zero-order chi connectivity index (χ0) is 18.9. The van der Waals surface area contributed by atoms with Crippen LogP contribution in [0.25, 0.3) is 0 Å². The molecule has 5 nitrogen and oxygen atoms in total. The van der Waals surface area contributed by atoms with E-state index in [-0.39, 0.29) is 11.4 Å². The van der Waals surface area contributed by atoms with Crippen molar-refractivity contribution in [1.82, 2.24) is 4.72 Å². The average Bonchev–Trinajstić information content (AvgIpc) is 2.62. The van der Waals surface area contributed by atoms with Gasteiger partial charge in [0.2, 0.25) is 10.0 Å². The lowest BCUT2D eigenvalue weighted by atomic mass is 9.79. The van der Waals surface area contributed by atoms with Gasteiger partial charge in [-0.3, -0.25) is 0 Å². The summed E-state index contributed by atoms with van der Waals surface area (Å²) in [6, 6.07) is 10.2. The normalized spacial score (nSPS) is 19.8. The van der Waals surface area contributed by atoms with Gasteiger partial charge in [0.05, 0.1) is 12.0 Å². The van der Waals surface area contributed by atoms with Gasteiger partial charge in [0, 0.05) is 11.6 Å². The fourth-order valence-electron chi connectivity index (χ4n) is 3.42. The van der Waals surface area contributed by atoms with E-state index in [9.17, 15) is 13.5 Å². The van der Waals surface area contributed by atoms with E-state index in [0.717, 1.165) is 29.7 Å². The first kappa shape index (κ1) is 19.2. The van der Waals surface area contributed by atoms with Crippen molar-refractivity contribution < 1.29 is 18.3 Å². The second-order valence-corrected chi connectivity index (χ2v) is 8.74. The zero-order valence-electron chi connectivity index (χ0n) is 14.8. The molecular formula is C19H22ClNO4S. The number of benzene rings is 2. The lowest BCUT2D eigenvalue weighted by Crippen LogP contribution is -2.43. The summed E-state index contributed by atoms with van der Waals surface area (Å²) in [5, 5.41) is 11.5. The fraction of sp³-hybridized carbons (Fsp3) is 0.368. The number of ether oxygens (including phenoxy) is 1. The third kappa shape index (κ3) is 3.60. The quantitative estimate of drug-likeness (QED) is 0.815. The van der Waals surface area contributed by atoms with E-state index in [0.29, 0.717) is 17.0 Å². The lowest BCUT2D eigenvalue weighted by molar-refractivity contribution is 0.0242. The molecule has 0 bridgehead atoms. The molecule has 0 spiro atoms. The van der Waals surface area contributed by atoms with E-state index in [1.165, 1.54) is 6.07 Å². The third-order valence-corrected chi connectivity index (χ3v) is 6.87. The Balaban J connectivity index is 1.87. The summed E-state index contributed by atoms with van der Waals surface area (Å²) in [5.41, 5.74) is 0.966. The van der Waals surface area contributed by atoms with Crippen LogP contribution in [0.2, 0.25) is 5.02 Å². The third-order valence-electron chi connectivity index (χ3n) is 4.91. The molecule has 0 saturated carbocycles. The molecule has 2 N–H and O–H groups in total. The summed E-state index contributed by atoms with van der Waals surface area (Å²) >= 11 is 6.04. The van der Waals surface area contributed by atoms with Crippen molar-refractivity contribution in [1.29, 1.82) is 0 Å². The first-order chi connectivity index (χ1) is 12.3. The van der Waals surface area contributed by atoms with E-state index in [4.69, 9.17) is 16.3 Å². The molecule has 0 amide bonds. The van der Waals surface area contributed by atoms with Gasteiger partial charge in [-0.1, -0.05) is 23.7 Å². The number of fused-ring (bicyclic) bond motifs is 1. The van der Waals surface area contributed by atoms with Gasteiger partial charge < -0.3 is 9.84 Å². The highest BCUT2D eigenvalue weighted by Crippen LogP contribution is 2.37. The van der Waals surface area contributed by atoms with E-state index < -0.39 is 15.6 Å². The minimum absolute atomic E-state index is 0.0966. The summed E-state index contributed by atoms with van der Waals surface area (Å²) in [4.78, 5) is 0.124. The molecule has 0 unspecified atom stereocenters. The Morgan fingerprint density at radius 3 is 2.81 bits per heavy atom. The highest BCUT2D eigenvalue weighted by Gasteiger charge is 2.36. The smallest absolute Gasteiger partial charge is 0.240 e. The molecule has 2 aromatic rings. The Labute approximate surface area is 159 Å². The van der Waals surface area contributed by atoms with Crippen LogP contribution in [0, 0.1) is 6.92 Å². The van der Waals surface area contributed by atoms with E-state index in [1.54, 1.807) is 32.2 Å². The number of sulfonamides is 1. The second kappa shape index (κ2) is 7.19. The Morgan fingerprint density at radius 1 is 1.31 bits per heavy atom. The molecule has 140 valence electrons. The molecule has 0 saturated heterocycles. The molecule has 0 aromatic heterocycles. The Kier molecular flexibility index (Phi) is 5.30. The molecular weight excluding hydrogens is 374 g/mol. The van der Waals surface area contributed by atoms with Crippen LogP contribution in [-0.2, 0) is 22.0 Å². The summed E-state index contributed by atoms with van der Waals surface area (Å²) in [6.07, 6.45) is 2.09. The summed E-state index contributed by atoms with van der Waals surface area (Å²) in [5.74, 6) is 0.725. The van der Waals surface area contributed by atoms with Gasteiger partial charge in [-0.15, -0.1) is 0 Å². The van der Waals surface area contributed by atoms with E-state index >= 15 is 0 Å². The summed E-state index contributed by atoms with van der Waals surface area (Å²) in [6.45, 7) is 1.56. The van der Waals surface area contributed by atoms with Crippen LogP contribution in [0.15, 0.2) is 41.3 Å². The number of methoxy groups -OCH3 is 1. The van der Waals surface area contributed by atoms with Gasteiger partial charge in [-0.25, -0.2) is 13.1 Å². The van der Waals surface area contributed by atoms with Gasteiger partial charge in [0.15, 0.2) is 0 Å². The van der Waals surface area contributed by atoms with Crippen LogP contribution in [0.3, 0.4) is 0 Å². The number of halogens is 1. The van der Waals surface area contributed by atoms with Crippen molar-refractivity contribution in [2.75, 3.05) is 13.7 Å². The molecule has 0 fully saturated rings. The van der Waals surface area contributed by atoms with Gasteiger partial charge in [0.25, 0.3) is 0 Å². The van der Waals surface area contributed by atoms with E-state index in [2.05, 4.69) is 4.72 Å². The summed E-state index contributed by atoms with van der Waals surface area (Å²) < 4.78 is 33.2. The molecule has 0 heterocycles. The second-order valence-electron chi connectivity index (χ2n) is 6.60. The predicted octanol–water partition coefficient (Wildman–Crippen LogP) is 3.16. The Morgan fingerprint density at radius 2 is 2.08 bits per heavy atom. The maximum absolute atomic E-state index is 12.7. The molecule has 26 heavy (non-hydrogen) atoms. The van der Waals surface area contributed by atoms with Crippen molar-refractivity contribution in [2.24, 2.45) is 0 Å². The molecule has 1 atom stereocenters. The first-order valence-corrected chi connectivity index (χ1v) is 10.3. The number of hydrogen-bond acceptors (Lipinski definition) is 4. The Hall–Kier alpha value is -1.60. The van der Waals surface area contributed by atoms with Crippen molar-refractivity contribution in [2.45, 2.75) is 36.7 Å². The van der Waals surface area contributed by atoms with Crippen molar-refractivity contribution in [3.05, 3.63) is 58.1 Å². The number of nitrogens with one attached hydrogen (secondary N) is 1. The van der Waals surface area contributed by atoms with Gasteiger partial charge in [-0.05, 0) is 67.1 Å². The largest absolute Gasteiger partial charge is 0.497 e. The molecule has 1 aliphatic rings. The highest BCUT2D eigenvalue weighted by atomic mass is 35.5. The maximum atomic E-state index is 12.7. The van der Waals surface area contributed by atoms with Gasteiger partial charge >= 0.3 is 0 Å². The van der Waals surface area contributed by atoms with Crippen LogP contribution in [0.5, 0.6) is 5.75 Å². The minimum Gasteiger partial charge on any atom is -0.497 e. The monoisotopic (exact) mass is 395 g/mol. The van der Waals surface area contributed by atoms with E-state index in [1.807, 2.05) is 12.1 Å². The van der Waals surface area contributed by atoms with Crippen LogP contribution in [0.4, 0.5) is 0 Å². The molecule has 3 rings (SSSR count). The number of aliphatic hydroxyl groups is 1. The molecule has 1 aliphatic carbocycles.